The molecule has 24 heavy (non-hydrogen) atoms. The number of aliphatic carboxylic acids is 1. The number of carboxylic acid groups (broad SMARTS) is 1. The smallest absolute Gasteiger partial charge is 0.313 e. The van der Waals surface area contributed by atoms with E-state index in [2.05, 4.69) is 4.90 Å². The maximum atomic E-state index is 11.8. The zero-order valence-electron chi connectivity index (χ0n) is 14.1. The molecule has 0 aliphatic carbocycles. The summed E-state index contributed by atoms with van der Waals surface area (Å²) in [7, 11) is 0. The molecular weight excluding hydrogens is 310 g/mol. The van der Waals surface area contributed by atoms with Gasteiger partial charge in [0, 0.05) is 25.2 Å². The SMILES string of the molecule is CCC[C@@]1(C(=O)O)CN(Cc2ccccc2OCCO)CC[C@H]1O. The highest BCUT2D eigenvalue weighted by Crippen LogP contribution is 2.36. The van der Waals surface area contributed by atoms with Gasteiger partial charge in [0.2, 0.25) is 0 Å². The third-order valence-corrected chi connectivity index (χ3v) is 4.70. The number of hydrogen-bond donors (Lipinski definition) is 3. The Hall–Kier alpha value is -1.63. The summed E-state index contributed by atoms with van der Waals surface area (Å²) in [6.45, 7) is 3.65. The van der Waals surface area contributed by atoms with Gasteiger partial charge in [0.25, 0.3) is 0 Å². The second kappa shape index (κ2) is 8.46. The van der Waals surface area contributed by atoms with E-state index in [9.17, 15) is 15.0 Å². The predicted octanol–water partition coefficient (Wildman–Crippen LogP) is 1.50. The number of para-hydroxylation sites is 1. The zero-order valence-corrected chi connectivity index (χ0v) is 14.1. The van der Waals surface area contributed by atoms with Crippen LogP contribution in [0.1, 0.15) is 31.7 Å². The molecule has 1 aliphatic rings. The van der Waals surface area contributed by atoms with Gasteiger partial charge in [-0.3, -0.25) is 9.69 Å². The molecule has 6 heteroatoms. The largest absolute Gasteiger partial charge is 0.491 e. The van der Waals surface area contributed by atoms with Crippen LogP contribution in [0, 0.1) is 5.41 Å². The van der Waals surface area contributed by atoms with Gasteiger partial charge in [0.05, 0.1) is 12.7 Å². The summed E-state index contributed by atoms with van der Waals surface area (Å²) in [4.78, 5) is 13.9. The van der Waals surface area contributed by atoms with Crippen molar-refractivity contribution in [2.24, 2.45) is 5.41 Å². The first-order valence-electron chi connectivity index (χ1n) is 8.49. The number of likely N-dealkylation sites (tertiary alicyclic amines) is 1. The van der Waals surface area contributed by atoms with Crippen molar-refractivity contribution in [3.63, 3.8) is 0 Å². The summed E-state index contributed by atoms with van der Waals surface area (Å²) >= 11 is 0. The van der Waals surface area contributed by atoms with Crippen molar-refractivity contribution in [3.8, 4) is 5.75 Å². The molecule has 0 radical (unpaired) electrons. The number of aliphatic hydroxyl groups is 2. The van der Waals surface area contributed by atoms with Crippen LogP contribution in [0.2, 0.25) is 0 Å². The van der Waals surface area contributed by atoms with Crippen LogP contribution in [-0.2, 0) is 11.3 Å². The lowest BCUT2D eigenvalue weighted by molar-refractivity contribution is -0.164. The van der Waals surface area contributed by atoms with Crippen LogP contribution in [0.25, 0.3) is 0 Å². The van der Waals surface area contributed by atoms with Crippen molar-refractivity contribution in [3.05, 3.63) is 29.8 Å². The van der Waals surface area contributed by atoms with E-state index in [0.29, 0.717) is 44.6 Å². The highest BCUT2D eigenvalue weighted by atomic mass is 16.5. The Morgan fingerprint density at radius 2 is 2.17 bits per heavy atom. The molecule has 2 atom stereocenters. The molecule has 0 saturated carbocycles. The Morgan fingerprint density at radius 3 is 2.83 bits per heavy atom. The number of carbonyl (C=O) groups is 1. The normalized spacial score (nSPS) is 24.7. The van der Waals surface area contributed by atoms with Gasteiger partial charge >= 0.3 is 5.97 Å². The molecular formula is C18H27NO5. The fraction of sp³-hybridized carbons (Fsp3) is 0.611. The molecule has 0 spiro atoms. The predicted molar refractivity (Wildman–Crippen MR) is 89.9 cm³/mol. The molecule has 1 saturated heterocycles. The number of aliphatic hydroxyl groups excluding tert-OH is 2. The summed E-state index contributed by atoms with van der Waals surface area (Å²) in [5.74, 6) is -0.222. The van der Waals surface area contributed by atoms with E-state index in [-0.39, 0.29) is 13.2 Å². The van der Waals surface area contributed by atoms with Crippen molar-refractivity contribution in [1.82, 2.24) is 4.90 Å². The fourth-order valence-corrected chi connectivity index (χ4v) is 3.48. The van der Waals surface area contributed by atoms with E-state index in [0.717, 1.165) is 5.56 Å². The standard InChI is InChI=1S/C18H27NO5/c1-2-8-18(17(22)23)13-19(9-7-16(18)21)12-14-5-3-4-6-15(14)24-11-10-20/h3-6,16,20-21H,2,7-13H2,1H3,(H,22,23)/t16-,18-/m1/s1. The van der Waals surface area contributed by atoms with Gasteiger partial charge in [0.1, 0.15) is 17.8 Å². The zero-order chi connectivity index (χ0) is 17.6. The lowest BCUT2D eigenvalue weighted by Gasteiger charge is -2.43. The van der Waals surface area contributed by atoms with Gasteiger partial charge in [-0.1, -0.05) is 31.5 Å². The summed E-state index contributed by atoms with van der Waals surface area (Å²) in [5, 5.41) is 29.0. The van der Waals surface area contributed by atoms with Crippen LogP contribution in [0.5, 0.6) is 5.75 Å². The molecule has 2 rings (SSSR count). The average Bonchev–Trinajstić information content (AvgIpc) is 2.57. The monoisotopic (exact) mass is 337 g/mol. The van der Waals surface area contributed by atoms with E-state index in [1.165, 1.54) is 0 Å². The molecule has 6 nitrogen and oxygen atoms in total. The van der Waals surface area contributed by atoms with E-state index in [4.69, 9.17) is 9.84 Å². The molecule has 1 heterocycles. The van der Waals surface area contributed by atoms with Gasteiger partial charge < -0.3 is 20.1 Å². The van der Waals surface area contributed by atoms with E-state index < -0.39 is 17.5 Å². The van der Waals surface area contributed by atoms with Crippen molar-refractivity contribution >= 4 is 5.97 Å². The molecule has 134 valence electrons. The third-order valence-electron chi connectivity index (χ3n) is 4.70. The highest BCUT2D eigenvalue weighted by Gasteiger charge is 2.48. The number of nitrogens with zero attached hydrogens (tertiary/aromatic N) is 1. The first-order chi connectivity index (χ1) is 11.5. The lowest BCUT2D eigenvalue weighted by Crippen LogP contribution is -2.55. The number of ether oxygens (including phenoxy) is 1. The minimum Gasteiger partial charge on any atom is -0.491 e. The highest BCUT2D eigenvalue weighted by molar-refractivity contribution is 5.76. The molecule has 1 fully saturated rings. The Bertz CT molecular complexity index is 550. The van der Waals surface area contributed by atoms with E-state index in [1.54, 1.807) is 0 Å². The molecule has 1 aromatic carbocycles. The number of rotatable bonds is 8. The second-order valence-corrected chi connectivity index (χ2v) is 6.41. The lowest BCUT2D eigenvalue weighted by atomic mass is 9.74. The van der Waals surface area contributed by atoms with Gasteiger partial charge in [-0.25, -0.2) is 0 Å². The second-order valence-electron chi connectivity index (χ2n) is 6.41. The van der Waals surface area contributed by atoms with E-state index >= 15 is 0 Å². The molecule has 1 aliphatic heterocycles. The minimum atomic E-state index is -1.10. The quantitative estimate of drug-likeness (QED) is 0.666. The molecule has 3 N–H and O–H groups in total. The van der Waals surface area contributed by atoms with E-state index in [1.807, 2.05) is 31.2 Å². The van der Waals surface area contributed by atoms with Gasteiger partial charge in [-0.2, -0.15) is 0 Å². The van der Waals surface area contributed by atoms with Gasteiger partial charge in [-0.15, -0.1) is 0 Å². The fourth-order valence-electron chi connectivity index (χ4n) is 3.48. The Balaban J connectivity index is 2.15. The van der Waals surface area contributed by atoms with Crippen molar-refractivity contribution in [1.29, 1.82) is 0 Å². The first kappa shape index (κ1) is 18.7. The number of hydrogen-bond acceptors (Lipinski definition) is 5. The minimum absolute atomic E-state index is 0.0527. The Morgan fingerprint density at radius 1 is 1.42 bits per heavy atom. The summed E-state index contributed by atoms with van der Waals surface area (Å²) in [6.07, 6.45) is 0.814. The van der Waals surface area contributed by atoms with Crippen LogP contribution in [0.3, 0.4) is 0 Å². The average molecular weight is 337 g/mol. The Kier molecular flexibility index (Phi) is 6.60. The third kappa shape index (κ3) is 4.06. The molecule has 0 aromatic heterocycles. The first-order valence-corrected chi connectivity index (χ1v) is 8.49. The van der Waals surface area contributed by atoms with Crippen molar-refractivity contribution in [2.45, 2.75) is 38.8 Å². The number of piperidine rings is 1. The molecule has 0 unspecified atom stereocenters. The topological polar surface area (TPSA) is 90.2 Å². The van der Waals surface area contributed by atoms with Crippen LogP contribution in [0.15, 0.2) is 24.3 Å². The summed E-state index contributed by atoms with van der Waals surface area (Å²) in [5.41, 5.74) is -0.147. The van der Waals surface area contributed by atoms with Gasteiger partial charge in [-0.05, 0) is 18.9 Å². The molecule has 1 aromatic rings. The molecule has 0 bridgehead atoms. The van der Waals surface area contributed by atoms with Crippen LogP contribution in [0.4, 0.5) is 0 Å². The summed E-state index contributed by atoms with van der Waals surface area (Å²) < 4.78 is 5.55. The van der Waals surface area contributed by atoms with Gasteiger partial charge in [0.15, 0.2) is 0 Å². The van der Waals surface area contributed by atoms with Crippen molar-refractivity contribution in [2.75, 3.05) is 26.3 Å². The van der Waals surface area contributed by atoms with Crippen LogP contribution < -0.4 is 4.74 Å². The number of benzene rings is 1. The summed E-state index contributed by atoms with van der Waals surface area (Å²) in [6, 6.07) is 7.57. The number of carboxylic acids is 1. The van der Waals surface area contributed by atoms with Crippen molar-refractivity contribution < 1.29 is 24.9 Å². The maximum absolute atomic E-state index is 11.8. The molecule has 0 amide bonds. The van der Waals surface area contributed by atoms with Crippen LogP contribution >= 0.6 is 0 Å². The Labute approximate surface area is 142 Å². The maximum Gasteiger partial charge on any atom is 0.313 e. The van der Waals surface area contributed by atoms with Crippen LogP contribution in [-0.4, -0.2) is 58.6 Å².